The number of likely N-dealkylation sites (tertiary alicyclic amines) is 1. The molecule has 1 atom stereocenters. The molecule has 4 rings (SSSR count). The molecular formula is C24H30N4O4S. The molecule has 0 saturated carbocycles. The summed E-state index contributed by atoms with van der Waals surface area (Å²) in [7, 11) is 0. The highest BCUT2D eigenvalue weighted by molar-refractivity contribution is 7.99. The van der Waals surface area contributed by atoms with Crippen LogP contribution in [0.5, 0.6) is 11.5 Å². The molecule has 2 amide bonds. The maximum Gasteiger partial charge on any atom is 0.227 e. The average molecular weight is 471 g/mol. The molecule has 2 N–H and O–H groups in total. The summed E-state index contributed by atoms with van der Waals surface area (Å²) in [6, 6.07) is 6.09. The highest BCUT2D eigenvalue weighted by atomic mass is 32.2. The third-order valence-corrected chi connectivity index (χ3v) is 6.93. The monoisotopic (exact) mass is 470 g/mol. The van der Waals surface area contributed by atoms with Crippen molar-refractivity contribution in [3.63, 3.8) is 0 Å². The van der Waals surface area contributed by atoms with Crippen LogP contribution in [0.2, 0.25) is 0 Å². The van der Waals surface area contributed by atoms with Gasteiger partial charge in [0.25, 0.3) is 0 Å². The van der Waals surface area contributed by atoms with E-state index in [0.29, 0.717) is 31.2 Å². The molecule has 0 aliphatic carbocycles. The molecule has 0 radical (unpaired) electrons. The third-order valence-electron chi connectivity index (χ3n) is 6.06. The number of amides is 2. The van der Waals surface area contributed by atoms with Crippen molar-refractivity contribution in [1.82, 2.24) is 14.9 Å². The number of nitrogens with two attached hydrogens (primary N) is 1. The fourth-order valence-corrected chi connectivity index (χ4v) is 5.12. The average Bonchev–Trinajstić information content (AvgIpc) is 3.16. The van der Waals surface area contributed by atoms with Crippen LogP contribution in [0.1, 0.15) is 54.2 Å². The number of nitrogens with zero attached hydrogens (tertiary/aromatic N) is 3. The second kappa shape index (κ2) is 10.4. The van der Waals surface area contributed by atoms with Gasteiger partial charge in [0, 0.05) is 30.8 Å². The van der Waals surface area contributed by atoms with E-state index < -0.39 is 5.91 Å². The van der Waals surface area contributed by atoms with Crippen molar-refractivity contribution >= 4 is 23.6 Å². The minimum atomic E-state index is -0.401. The van der Waals surface area contributed by atoms with Crippen LogP contribution in [-0.2, 0) is 16.0 Å². The molecule has 176 valence electrons. The van der Waals surface area contributed by atoms with Crippen LogP contribution in [0.15, 0.2) is 23.4 Å². The van der Waals surface area contributed by atoms with Gasteiger partial charge in [-0.05, 0) is 56.4 Å². The molecule has 33 heavy (non-hydrogen) atoms. The van der Waals surface area contributed by atoms with Crippen molar-refractivity contribution in [3.8, 4) is 11.5 Å². The number of carbonyl (C=O) groups is 2. The Hall–Kier alpha value is -2.81. The summed E-state index contributed by atoms with van der Waals surface area (Å²) in [5.74, 6) is 1.42. The first-order valence-corrected chi connectivity index (χ1v) is 12.3. The zero-order chi connectivity index (χ0) is 23.4. The van der Waals surface area contributed by atoms with Crippen molar-refractivity contribution in [3.05, 3.63) is 40.7 Å². The molecule has 2 aliphatic heterocycles. The molecule has 2 aliphatic rings. The number of aromatic nitrogens is 2. The number of hydrogen-bond donors (Lipinski definition) is 1. The molecule has 0 unspecified atom stereocenters. The molecule has 2 aromatic rings. The zero-order valence-corrected chi connectivity index (χ0v) is 20.0. The number of hydrogen-bond acceptors (Lipinski definition) is 7. The van der Waals surface area contributed by atoms with Gasteiger partial charge in [0.2, 0.25) is 11.8 Å². The van der Waals surface area contributed by atoms with Gasteiger partial charge < -0.3 is 20.1 Å². The predicted octanol–water partition coefficient (Wildman–Crippen LogP) is 3.13. The van der Waals surface area contributed by atoms with Crippen molar-refractivity contribution in [2.45, 2.75) is 57.1 Å². The number of ether oxygens (including phenoxy) is 2. The Morgan fingerprint density at radius 2 is 1.85 bits per heavy atom. The second-order valence-electron chi connectivity index (χ2n) is 8.41. The fourth-order valence-electron chi connectivity index (χ4n) is 4.45. The van der Waals surface area contributed by atoms with Gasteiger partial charge in [-0.1, -0.05) is 17.8 Å². The minimum absolute atomic E-state index is 0.0562. The lowest BCUT2D eigenvalue weighted by atomic mass is 10.0. The highest BCUT2D eigenvalue weighted by Crippen LogP contribution is 2.38. The lowest BCUT2D eigenvalue weighted by molar-refractivity contribution is -0.132. The van der Waals surface area contributed by atoms with Crippen molar-refractivity contribution in [1.29, 1.82) is 0 Å². The van der Waals surface area contributed by atoms with E-state index in [-0.39, 0.29) is 17.7 Å². The number of benzene rings is 1. The molecular weight excluding hydrogens is 440 g/mol. The van der Waals surface area contributed by atoms with Gasteiger partial charge in [-0.2, -0.15) is 0 Å². The standard InChI is InChI=1S/C24H30N4O4S/c1-15-18(16(2)27-24(26-15)33-14-22(25)29)7-9-23(30)28-10-3-5-19(28)17-6-8-20-21(13-17)32-12-4-11-31-20/h6,8,13,19H,3-5,7,9-12,14H2,1-2H3,(H2,25,29)/t19-/m0/s1. The number of thioether (sulfide) groups is 1. The van der Waals surface area contributed by atoms with Crippen LogP contribution in [0.3, 0.4) is 0 Å². The normalized spacial score (nSPS) is 17.6. The van der Waals surface area contributed by atoms with Crippen LogP contribution in [-0.4, -0.2) is 52.2 Å². The van der Waals surface area contributed by atoms with Gasteiger partial charge >= 0.3 is 0 Å². The van der Waals surface area contributed by atoms with E-state index in [2.05, 4.69) is 9.97 Å². The van der Waals surface area contributed by atoms with E-state index in [0.717, 1.165) is 59.8 Å². The van der Waals surface area contributed by atoms with Crippen LogP contribution < -0.4 is 15.2 Å². The Balaban J connectivity index is 1.42. The van der Waals surface area contributed by atoms with Crippen molar-refractivity contribution < 1.29 is 19.1 Å². The third kappa shape index (κ3) is 5.58. The Kier molecular flexibility index (Phi) is 7.37. The SMILES string of the molecule is Cc1nc(SCC(N)=O)nc(C)c1CCC(=O)N1CCC[C@H]1c1ccc2c(c1)OCCCO2. The molecule has 3 heterocycles. The number of aryl methyl sites for hydroxylation is 2. The summed E-state index contributed by atoms with van der Waals surface area (Å²) in [5, 5.41) is 0.535. The van der Waals surface area contributed by atoms with E-state index in [1.54, 1.807) is 0 Å². The number of rotatable bonds is 7. The van der Waals surface area contributed by atoms with Gasteiger partial charge in [0.1, 0.15) is 0 Å². The minimum Gasteiger partial charge on any atom is -0.490 e. The van der Waals surface area contributed by atoms with E-state index in [1.807, 2.05) is 36.9 Å². The molecule has 1 saturated heterocycles. The molecule has 0 bridgehead atoms. The second-order valence-corrected chi connectivity index (χ2v) is 9.35. The smallest absolute Gasteiger partial charge is 0.227 e. The predicted molar refractivity (Wildman–Crippen MR) is 125 cm³/mol. The van der Waals surface area contributed by atoms with Crippen LogP contribution in [0.4, 0.5) is 0 Å². The molecule has 1 fully saturated rings. The first-order valence-electron chi connectivity index (χ1n) is 11.4. The van der Waals surface area contributed by atoms with Gasteiger partial charge in [-0.3, -0.25) is 9.59 Å². The lowest BCUT2D eigenvalue weighted by Gasteiger charge is -2.26. The van der Waals surface area contributed by atoms with Crippen molar-refractivity contribution in [2.24, 2.45) is 5.73 Å². The summed E-state index contributed by atoms with van der Waals surface area (Å²) >= 11 is 1.23. The van der Waals surface area contributed by atoms with Crippen LogP contribution in [0, 0.1) is 13.8 Å². The number of primary amides is 1. The Bertz CT molecular complexity index is 1020. The summed E-state index contributed by atoms with van der Waals surface area (Å²) in [5.41, 5.74) is 8.96. The Morgan fingerprint density at radius 3 is 2.58 bits per heavy atom. The molecule has 1 aromatic heterocycles. The molecule has 8 nitrogen and oxygen atoms in total. The fraction of sp³-hybridized carbons (Fsp3) is 0.500. The van der Waals surface area contributed by atoms with Gasteiger partial charge in [0.15, 0.2) is 16.7 Å². The van der Waals surface area contributed by atoms with Gasteiger partial charge in [-0.25, -0.2) is 9.97 Å². The Morgan fingerprint density at radius 1 is 1.12 bits per heavy atom. The summed E-state index contributed by atoms with van der Waals surface area (Å²) in [6.07, 6.45) is 3.78. The quantitative estimate of drug-likeness (QED) is 0.489. The maximum atomic E-state index is 13.2. The van der Waals surface area contributed by atoms with Gasteiger partial charge in [-0.15, -0.1) is 0 Å². The summed E-state index contributed by atoms with van der Waals surface area (Å²) in [6.45, 7) is 5.89. The number of fused-ring (bicyclic) bond motifs is 1. The van der Waals surface area contributed by atoms with Crippen molar-refractivity contribution in [2.75, 3.05) is 25.5 Å². The van der Waals surface area contributed by atoms with Crippen LogP contribution in [0.25, 0.3) is 0 Å². The first-order chi connectivity index (χ1) is 15.9. The van der Waals surface area contributed by atoms with Crippen LogP contribution >= 0.6 is 11.8 Å². The molecule has 1 aromatic carbocycles. The zero-order valence-electron chi connectivity index (χ0n) is 19.1. The largest absolute Gasteiger partial charge is 0.490 e. The summed E-state index contributed by atoms with van der Waals surface area (Å²) in [4.78, 5) is 35.2. The van der Waals surface area contributed by atoms with E-state index in [4.69, 9.17) is 15.2 Å². The Labute approximate surface area is 198 Å². The lowest BCUT2D eigenvalue weighted by Crippen LogP contribution is -2.30. The topological polar surface area (TPSA) is 108 Å². The highest BCUT2D eigenvalue weighted by Gasteiger charge is 2.30. The van der Waals surface area contributed by atoms with Gasteiger partial charge in [0.05, 0.1) is 25.0 Å². The number of carbonyl (C=O) groups excluding carboxylic acids is 2. The summed E-state index contributed by atoms with van der Waals surface area (Å²) < 4.78 is 11.6. The maximum absolute atomic E-state index is 13.2. The molecule has 9 heteroatoms. The van der Waals surface area contributed by atoms with E-state index in [9.17, 15) is 9.59 Å². The van der Waals surface area contributed by atoms with E-state index in [1.165, 1.54) is 11.8 Å². The first kappa shape index (κ1) is 23.4. The molecule has 0 spiro atoms. The van der Waals surface area contributed by atoms with E-state index >= 15 is 0 Å².